The van der Waals surface area contributed by atoms with Gasteiger partial charge in [0.2, 0.25) is 5.95 Å². The summed E-state index contributed by atoms with van der Waals surface area (Å²) >= 11 is 0. The third-order valence-corrected chi connectivity index (χ3v) is 3.52. The van der Waals surface area contributed by atoms with Crippen molar-refractivity contribution in [1.29, 1.82) is 0 Å². The second-order valence-corrected chi connectivity index (χ2v) is 5.66. The van der Waals surface area contributed by atoms with Crippen molar-refractivity contribution in [1.82, 2.24) is 15.0 Å². The van der Waals surface area contributed by atoms with Crippen LogP contribution in [-0.2, 0) is 6.18 Å². The number of nitrogens with one attached hydrogen (secondary N) is 1. The fourth-order valence-electron chi connectivity index (χ4n) is 2.37. The van der Waals surface area contributed by atoms with E-state index in [-0.39, 0.29) is 5.95 Å². The Morgan fingerprint density at radius 2 is 1.72 bits per heavy atom. The average molecular weight is 344 g/mol. The van der Waals surface area contributed by atoms with E-state index in [2.05, 4.69) is 20.3 Å². The molecule has 0 aliphatic heterocycles. The number of nitrogens with zero attached hydrogens (tertiary/aromatic N) is 3. The van der Waals surface area contributed by atoms with E-state index >= 15 is 0 Å². The van der Waals surface area contributed by atoms with E-state index < -0.39 is 11.9 Å². The number of pyridine rings is 1. The zero-order valence-electron chi connectivity index (χ0n) is 13.6. The van der Waals surface area contributed by atoms with E-state index in [1.807, 2.05) is 44.2 Å². The van der Waals surface area contributed by atoms with Crippen molar-refractivity contribution in [2.45, 2.75) is 20.0 Å². The molecule has 0 saturated carbocycles. The Morgan fingerprint density at radius 1 is 0.920 bits per heavy atom. The summed E-state index contributed by atoms with van der Waals surface area (Å²) in [6, 6.07) is 10.3. The Hall–Kier alpha value is -2.96. The zero-order chi connectivity index (χ0) is 18.0. The van der Waals surface area contributed by atoms with Gasteiger partial charge in [0, 0.05) is 29.3 Å². The van der Waals surface area contributed by atoms with Crippen molar-refractivity contribution in [2.75, 3.05) is 5.32 Å². The molecule has 0 fully saturated rings. The molecule has 0 aliphatic rings. The average Bonchev–Trinajstić information content (AvgIpc) is 2.54. The van der Waals surface area contributed by atoms with Crippen LogP contribution < -0.4 is 5.32 Å². The monoisotopic (exact) mass is 344 g/mol. The molecule has 7 heteroatoms. The van der Waals surface area contributed by atoms with Gasteiger partial charge < -0.3 is 5.32 Å². The molecule has 1 N–H and O–H groups in total. The number of halogens is 3. The minimum absolute atomic E-state index is 0.103. The van der Waals surface area contributed by atoms with Crippen molar-refractivity contribution >= 4 is 11.6 Å². The summed E-state index contributed by atoms with van der Waals surface area (Å²) in [5.41, 5.74) is 3.31. The summed E-state index contributed by atoms with van der Waals surface area (Å²) in [4.78, 5) is 11.6. The Kier molecular flexibility index (Phi) is 4.39. The highest BCUT2D eigenvalue weighted by Gasteiger charge is 2.32. The molecular weight excluding hydrogens is 329 g/mol. The Bertz CT molecular complexity index is 890. The van der Waals surface area contributed by atoms with E-state index in [1.54, 1.807) is 6.20 Å². The Morgan fingerprint density at radius 3 is 2.40 bits per heavy atom. The summed E-state index contributed by atoms with van der Waals surface area (Å²) < 4.78 is 38.3. The summed E-state index contributed by atoms with van der Waals surface area (Å²) in [6.45, 7) is 3.81. The highest BCUT2D eigenvalue weighted by molar-refractivity contribution is 5.70. The molecule has 0 atom stereocenters. The highest BCUT2D eigenvalue weighted by Crippen LogP contribution is 2.29. The predicted molar refractivity (Wildman–Crippen MR) is 89.5 cm³/mol. The summed E-state index contributed by atoms with van der Waals surface area (Å²) in [5, 5.41) is 2.84. The van der Waals surface area contributed by atoms with Gasteiger partial charge in [-0.1, -0.05) is 12.1 Å². The van der Waals surface area contributed by atoms with Gasteiger partial charge in [-0.25, -0.2) is 9.97 Å². The lowest BCUT2D eigenvalue weighted by atomic mass is 10.0. The Labute approximate surface area is 142 Å². The van der Waals surface area contributed by atoms with Gasteiger partial charge in [-0.2, -0.15) is 13.2 Å². The van der Waals surface area contributed by atoms with Gasteiger partial charge in [0.25, 0.3) is 0 Å². The van der Waals surface area contributed by atoms with E-state index in [1.165, 1.54) is 0 Å². The largest absolute Gasteiger partial charge is 0.433 e. The number of aromatic nitrogens is 3. The maximum absolute atomic E-state index is 12.8. The molecule has 0 amide bonds. The summed E-state index contributed by atoms with van der Waals surface area (Å²) in [7, 11) is 0. The number of benzene rings is 1. The first-order valence-electron chi connectivity index (χ1n) is 7.53. The SMILES string of the molecule is Cc1cc(Nc2nccc(C(F)(F)F)n2)cc(-c2ccc(C)nc2)c1. The van der Waals surface area contributed by atoms with Crippen LogP contribution in [0.3, 0.4) is 0 Å². The second kappa shape index (κ2) is 6.51. The lowest BCUT2D eigenvalue weighted by molar-refractivity contribution is -0.141. The summed E-state index contributed by atoms with van der Waals surface area (Å²) in [5.74, 6) is -0.103. The van der Waals surface area contributed by atoms with Gasteiger partial charge in [0.1, 0.15) is 5.69 Å². The molecule has 0 bridgehead atoms. The number of rotatable bonds is 3. The molecule has 0 spiro atoms. The molecule has 0 radical (unpaired) electrons. The molecule has 1 aromatic carbocycles. The van der Waals surface area contributed by atoms with E-state index in [4.69, 9.17) is 0 Å². The third-order valence-electron chi connectivity index (χ3n) is 3.52. The molecule has 2 heterocycles. The third kappa shape index (κ3) is 4.12. The van der Waals surface area contributed by atoms with Crippen molar-refractivity contribution in [3.05, 3.63) is 65.7 Å². The molecule has 3 rings (SSSR count). The van der Waals surface area contributed by atoms with E-state index in [0.29, 0.717) is 5.69 Å². The van der Waals surface area contributed by atoms with Crippen LogP contribution in [0.25, 0.3) is 11.1 Å². The molecule has 4 nitrogen and oxygen atoms in total. The van der Waals surface area contributed by atoms with Gasteiger partial charge in [0.15, 0.2) is 0 Å². The first-order valence-corrected chi connectivity index (χ1v) is 7.53. The van der Waals surface area contributed by atoms with Crippen molar-refractivity contribution in [3.8, 4) is 11.1 Å². The van der Waals surface area contributed by atoms with Crippen LogP contribution >= 0.6 is 0 Å². The first-order chi connectivity index (χ1) is 11.8. The van der Waals surface area contributed by atoms with Crippen molar-refractivity contribution in [2.24, 2.45) is 0 Å². The molecule has 3 aromatic rings. The number of anilines is 2. The van der Waals surface area contributed by atoms with Crippen LogP contribution in [0, 0.1) is 13.8 Å². The minimum atomic E-state index is -4.51. The second-order valence-electron chi connectivity index (χ2n) is 5.66. The van der Waals surface area contributed by atoms with Crippen LogP contribution in [0.1, 0.15) is 17.0 Å². The van der Waals surface area contributed by atoms with Gasteiger partial charge in [-0.05, 0) is 49.2 Å². The van der Waals surface area contributed by atoms with Gasteiger partial charge in [0.05, 0.1) is 0 Å². The van der Waals surface area contributed by atoms with Crippen molar-refractivity contribution in [3.63, 3.8) is 0 Å². The van der Waals surface area contributed by atoms with E-state index in [9.17, 15) is 13.2 Å². The predicted octanol–water partition coefficient (Wildman–Crippen LogP) is 4.92. The first kappa shape index (κ1) is 16.9. The van der Waals surface area contributed by atoms with Crippen LogP contribution in [0.2, 0.25) is 0 Å². The highest BCUT2D eigenvalue weighted by atomic mass is 19.4. The smallest absolute Gasteiger partial charge is 0.324 e. The minimum Gasteiger partial charge on any atom is -0.324 e. The van der Waals surface area contributed by atoms with Gasteiger partial charge in [-0.15, -0.1) is 0 Å². The van der Waals surface area contributed by atoms with Crippen LogP contribution in [0.15, 0.2) is 48.8 Å². The zero-order valence-corrected chi connectivity index (χ0v) is 13.6. The fourth-order valence-corrected chi connectivity index (χ4v) is 2.37. The summed E-state index contributed by atoms with van der Waals surface area (Å²) in [6.07, 6.45) is -1.67. The molecule has 25 heavy (non-hydrogen) atoms. The van der Waals surface area contributed by atoms with Gasteiger partial charge >= 0.3 is 6.18 Å². The molecule has 0 unspecified atom stereocenters. The lowest BCUT2D eigenvalue weighted by Crippen LogP contribution is -2.10. The number of alkyl halides is 3. The standard InChI is InChI=1S/C18H15F3N4/c1-11-7-14(13-4-3-12(2)23-10-13)9-15(8-11)24-17-22-6-5-16(25-17)18(19,20)21/h3-10H,1-2H3,(H,22,24,25). The topological polar surface area (TPSA) is 50.7 Å². The van der Waals surface area contributed by atoms with E-state index in [0.717, 1.165) is 34.6 Å². The number of aryl methyl sites for hydroxylation is 2. The maximum Gasteiger partial charge on any atom is 0.433 e. The van der Waals surface area contributed by atoms with Crippen LogP contribution in [0.4, 0.5) is 24.8 Å². The molecule has 0 aliphatic carbocycles. The maximum atomic E-state index is 12.8. The molecular formula is C18H15F3N4. The van der Waals surface area contributed by atoms with Crippen LogP contribution in [0.5, 0.6) is 0 Å². The van der Waals surface area contributed by atoms with Crippen molar-refractivity contribution < 1.29 is 13.2 Å². The molecule has 2 aromatic heterocycles. The lowest BCUT2D eigenvalue weighted by Gasteiger charge is -2.11. The van der Waals surface area contributed by atoms with Gasteiger partial charge in [-0.3, -0.25) is 4.98 Å². The number of hydrogen-bond donors (Lipinski definition) is 1. The fraction of sp³-hybridized carbons (Fsp3) is 0.167. The normalized spacial score (nSPS) is 11.4. The van der Waals surface area contributed by atoms with Crippen LogP contribution in [-0.4, -0.2) is 15.0 Å². The molecule has 0 saturated heterocycles. The molecule has 128 valence electrons. The quantitative estimate of drug-likeness (QED) is 0.733. The Balaban J connectivity index is 1.92. The number of hydrogen-bond acceptors (Lipinski definition) is 4.